The number of nitrogens with zero attached hydrogens (tertiary/aromatic N) is 1. The first-order valence-electron chi connectivity index (χ1n) is 7.04. The molecule has 2 atom stereocenters. The van der Waals surface area contributed by atoms with Crippen LogP contribution in [0.15, 0.2) is 0 Å². The smallest absolute Gasteiger partial charge is 0.225 e. The van der Waals surface area contributed by atoms with Crippen molar-refractivity contribution in [2.24, 2.45) is 17.3 Å². The summed E-state index contributed by atoms with van der Waals surface area (Å²) in [6.07, 6.45) is 5.04. The molecule has 5 nitrogen and oxygen atoms in total. The van der Waals surface area contributed by atoms with Gasteiger partial charge >= 0.3 is 0 Å². The number of hydrogen-bond acceptors (Lipinski definition) is 3. The molecule has 1 spiro atoms. The molecule has 1 amide bonds. The van der Waals surface area contributed by atoms with E-state index in [2.05, 4.69) is 11.6 Å². The molecule has 1 saturated heterocycles. The molecule has 0 bridgehead atoms. The van der Waals surface area contributed by atoms with Crippen molar-refractivity contribution in [1.82, 2.24) is 9.62 Å². The fourth-order valence-corrected chi connectivity index (χ4v) is 4.50. The molecule has 1 aliphatic heterocycles. The van der Waals surface area contributed by atoms with E-state index in [1.165, 1.54) is 6.26 Å². The van der Waals surface area contributed by atoms with Gasteiger partial charge in [-0.2, -0.15) is 0 Å². The zero-order valence-corrected chi connectivity index (χ0v) is 12.4. The minimum atomic E-state index is -3.10. The van der Waals surface area contributed by atoms with Gasteiger partial charge in [0, 0.05) is 25.0 Å². The van der Waals surface area contributed by atoms with E-state index in [1.807, 2.05) is 4.90 Å². The highest BCUT2D eigenvalue weighted by atomic mass is 32.2. The van der Waals surface area contributed by atoms with Crippen molar-refractivity contribution < 1.29 is 13.2 Å². The summed E-state index contributed by atoms with van der Waals surface area (Å²) in [5.41, 5.74) is 0.191. The first kappa shape index (κ1) is 13.4. The van der Waals surface area contributed by atoms with Crippen LogP contribution >= 0.6 is 0 Å². The minimum absolute atomic E-state index is 0.0740. The lowest BCUT2D eigenvalue weighted by molar-refractivity contribution is -0.132. The summed E-state index contributed by atoms with van der Waals surface area (Å²) in [4.78, 5) is 14.2. The lowest BCUT2D eigenvalue weighted by Gasteiger charge is -2.45. The Hall–Kier alpha value is -0.620. The standard InChI is InChI=1S/C13H22N2O3S/c1-9-5-11(9)12(16)15-4-3-13(8-15)6-10(7-13)14-19(2,17)18/h9-11,14H,3-8H2,1-2H3/t9-,10?,11+,13?/m0/s1. The Kier molecular flexibility index (Phi) is 2.94. The van der Waals surface area contributed by atoms with Gasteiger partial charge in [0.05, 0.1) is 6.26 Å². The van der Waals surface area contributed by atoms with E-state index in [9.17, 15) is 13.2 Å². The Morgan fingerprint density at radius 1 is 1.37 bits per heavy atom. The Morgan fingerprint density at radius 3 is 2.53 bits per heavy atom. The first-order valence-corrected chi connectivity index (χ1v) is 8.93. The van der Waals surface area contributed by atoms with Gasteiger partial charge in [-0.25, -0.2) is 13.1 Å². The Morgan fingerprint density at radius 2 is 2.00 bits per heavy atom. The summed E-state index contributed by atoms with van der Waals surface area (Å²) < 4.78 is 25.0. The molecule has 3 aliphatic rings. The highest BCUT2D eigenvalue weighted by Gasteiger charge is 2.52. The first-order chi connectivity index (χ1) is 8.78. The van der Waals surface area contributed by atoms with Crippen LogP contribution in [0.3, 0.4) is 0 Å². The van der Waals surface area contributed by atoms with Crippen LogP contribution in [0.1, 0.15) is 32.6 Å². The third-order valence-electron chi connectivity index (χ3n) is 4.92. The lowest BCUT2D eigenvalue weighted by atomic mass is 9.65. The van der Waals surface area contributed by atoms with Crippen LogP contribution in [-0.4, -0.2) is 44.6 Å². The molecule has 0 aromatic carbocycles. The average molecular weight is 286 g/mol. The fourth-order valence-electron chi connectivity index (χ4n) is 3.73. The highest BCUT2D eigenvalue weighted by molar-refractivity contribution is 7.88. The van der Waals surface area contributed by atoms with Crippen LogP contribution in [-0.2, 0) is 14.8 Å². The van der Waals surface area contributed by atoms with Crippen molar-refractivity contribution in [2.75, 3.05) is 19.3 Å². The largest absolute Gasteiger partial charge is 0.342 e. The second-order valence-electron chi connectivity index (χ2n) is 6.82. The average Bonchev–Trinajstić information content (AvgIpc) is 2.80. The maximum atomic E-state index is 12.2. The van der Waals surface area contributed by atoms with Gasteiger partial charge in [0.1, 0.15) is 0 Å². The summed E-state index contributed by atoms with van der Waals surface area (Å²) in [5.74, 6) is 1.15. The predicted molar refractivity (Wildman–Crippen MR) is 71.9 cm³/mol. The number of amides is 1. The molecule has 6 heteroatoms. The van der Waals surface area contributed by atoms with Gasteiger partial charge in [0.15, 0.2) is 0 Å². The van der Waals surface area contributed by atoms with Crippen molar-refractivity contribution in [3.8, 4) is 0 Å². The SMILES string of the molecule is C[C@H]1C[C@H]1C(=O)N1CCC2(CC(NS(C)(=O)=O)C2)C1. The number of likely N-dealkylation sites (tertiary alicyclic amines) is 1. The number of hydrogen-bond donors (Lipinski definition) is 1. The Labute approximate surface area is 114 Å². The summed E-state index contributed by atoms with van der Waals surface area (Å²) in [6, 6.07) is 0.0740. The second-order valence-corrected chi connectivity index (χ2v) is 8.60. The van der Waals surface area contributed by atoms with Gasteiger partial charge < -0.3 is 4.90 Å². The fraction of sp³-hybridized carbons (Fsp3) is 0.923. The zero-order valence-electron chi connectivity index (χ0n) is 11.6. The molecule has 2 aliphatic carbocycles. The number of carbonyl (C=O) groups excluding carboxylic acids is 1. The maximum Gasteiger partial charge on any atom is 0.225 e. The van der Waals surface area contributed by atoms with Crippen molar-refractivity contribution in [3.63, 3.8) is 0 Å². The van der Waals surface area contributed by atoms with Crippen LogP contribution in [0.5, 0.6) is 0 Å². The Bertz CT molecular complexity index is 496. The van der Waals surface area contributed by atoms with Crippen molar-refractivity contribution >= 4 is 15.9 Å². The third kappa shape index (κ3) is 2.65. The molecule has 3 rings (SSSR count). The quantitative estimate of drug-likeness (QED) is 0.825. The van der Waals surface area contributed by atoms with Crippen LogP contribution in [0, 0.1) is 17.3 Å². The summed E-state index contributed by atoms with van der Waals surface area (Å²) in [5, 5.41) is 0. The zero-order chi connectivity index (χ0) is 13.8. The molecule has 0 aromatic heterocycles. The van der Waals surface area contributed by atoms with E-state index < -0.39 is 10.0 Å². The van der Waals surface area contributed by atoms with E-state index in [-0.39, 0.29) is 17.4 Å². The maximum absolute atomic E-state index is 12.2. The molecule has 0 aromatic rings. The van der Waals surface area contributed by atoms with E-state index in [1.54, 1.807) is 0 Å². The molecular formula is C13H22N2O3S. The molecule has 1 heterocycles. The van der Waals surface area contributed by atoms with Gasteiger partial charge in [0.25, 0.3) is 0 Å². The Balaban J connectivity index is 1.52. The predicted octanol–water partition coefficient (Wildman–Crippen LogP) is 0.573. The third-order valence-corrected chi connectivity index (χ3v) is 5.68. The molecule has 0 radical (unpaired) electrons. The topological polar surface area (TPSA) is 66.5 Å². The van der Waals surface area contributed by atoms with Gasteiger partial charge in [-0.15, -0.1) is 0 Å². The molecule has 0 unspecified atom stereocenters. The van der Waals surface area contributed by atoms with Gasteiger partial charge in [-0.1, -0.05) is 6.92 Å². The summed E-state index contributed by atoms with van der Waals surface area (Å²) >= 11 is 0. The van der Waals surface area contributed by atoms with E-state index >= 15 is 0 Å². The van der Waals surface area contributed by atoms with Gasteiger partial charge in [-0.3, -0.25) is 4.79 Å². The number of nitrogens with one attached hydrogen (secondary N) is 1. The molecule has 19 heavy (non-hydrogen) atoms. The second kappa shape index (κ2) is 4.19. The van der Waals surface area contributed by atoms with Crippen LogP contribution in [0.2, 0.25) is 0 Å². The normalized spacial score (nSPS) is 41.4. The minimum Gasteiger partial charge on any atom is -0.342 e. The summed E-state index contributed by atoms with van der Waals surface area (Å²) in [7, 11) is -3.10. The van der Waals surface area contributed by atoms with Crippen LogP contribution < -0.4 is 4.72 Å². The van der Waals surface area contributed by atoms with E-state index in [0.717, 1.165) is 38.8 Å². The van der Waals surface area contributed by atoms with Crippen LogP contribution in [0.4, 0.5) is 0 Å². The lowest BCUT2D eigenvalue weighted by Crippen LogP contribution is -2.51. The van der Waals surface area contributed by atoms with Gasteiger partial charge in [-0.05, 0) is 37.0 Å². The van der Waals surface area contributed by atoms with Crippen molar-refractivity contribution in [2.45, 2.75) is 38.6 Å². The van der Waals surface area contributed by atoms with E-state index in [0.29, 0.717) is 11.8 Å². The molecule has 1 N–H and O–H groups in total. The summed E-state index contributed by atoms with van der Waals surface area (Å²) in [6.45, 7) is 3.81. The molecule has 108 valence electrons. The molecule has 2 saturated carbocycles. The van der Waals surface area contributed by atoms with Crippen molar-refractivity contribution in [3.05, 3.63) is 0 Å². The highest BCUT2D eigenvalue weighted by Crippen LogP contribution is 2.50. The monoisotopic (exact) mass is 286 g/mol. The van der Waals surface area contributed by atoms with Gasteiger partial charge in [0.2, 0.25) is 15.9 Å². The van der Waals surface area contributed by atoms with Crippen LogP contribution in [0.25, 0.3) is 0 Å². The number of sulfonamides is 1. The number of carbonyl (C=O) groups is 1. The molecule has 3 fully saturated rings. The van der Waals surface area contributed by atoms with Crippen molar-refractivity contribution in [1.29, 1.82) is 0 Å². The van der Waals surface area contributed by atoms with E-state index in [4.69, 9.17) is 0 Å². The molecular weight excluding hydrogens is 264 g/mol. The number of rotatable bonds is 3.